The molecule has 5 nitrogen and oxygen atoms in total. The van der Waals surface area contributed by atoms with Gasteiger partial charge in [0, 0.05) is 18.7 Å². The lowest BCUT2D eigenvalue weighted by Gasteiger charge is -2.09. The number of unbranched alkanes of at least 4 members (excludes halogenated alkanes) is 4. The molecule has 0 saturated heterocycles. The topological polar surface area (TPSA) is 59.8 Å². The summed E-state index contributed by atoms with van der Waals surface area (Å²) in [6.07, 6.45) is 7.20. The fourth-order valence-electron chi connectivity index (χ4n) is 2.84. The molecule has 2 aromatic rings. The van der Waals surface area contributed by atoms with Crippen molar-refractivity contribution in [3.63, 3.8) is 0 Å². The number of thioether (sulfide) groups is 1. The van der Waals surface area contributed by atoms with Crippen LogP contribution in [0, 0.1) is 6.92 Å². The van der Waals surface area contributed by atoms with Gasteiger partial charge in [-0.2, -0.15) is 0 Å². The molecule has 1 N–H and O–H groups in total. The van der Waals surface area contributed by atoms with Crippen molar-refractivity contribution in [1.29, 1.82) is 0 Å². The van der Waals surface area contributed by atoms with E-state index in [2.05, 4.69) is 33.9 Å². The van der Waals surface area contributed by atoms with Gasteiger partial charge in [-0.3, -0.25) is 4.79 Å². The molecule has 2 rings (SSSR count). The lowest BCUT2D eigenvalue weighted by molar-refractivity contribution is -0.113. The van der Waals surface area contributed by atoms with Crippen LogP contribution in [-0.4, -0.2) is 26.4 Å². The molecule has 0 aliphatic rings. The molecule has 0 radical (unpaired) electrons. The molecule has 0 bridgehead atoms. The van der Waals surface area contributed by atoms with Gasteiger partial charge in [0.2, 0.25) is 5.91 Å². The maximum atomic E-state index is 12.2. The van der Waals surface area contributed by atoms with E-state index < -0.39 is 0 Å². The van der Waals surface area contributed by atoms with Crippen LogP contribution in [0.2, 0.25) is 0 Å². The van der Waals surface area contributed by atoms with Crippen LogP contribution >= 0.6 is 11.8 Å². The zero-order chi connectivity index (χ0) is 18.8. The largest absolute Gasteiger partial charge is 0.325 e. The highest BCUT2D eigenvalue weighted by atomic mass is 32.2. The Morgan fingerprint density at radius 1 is 1.12 bits per heavy atom. The molecule has 6 heteroatoms. The van der Waals surface area contributed by atoms with Gasteiger partial charge < -0.3 is 9.88 Å². The van der Waals surface area contributed by atoms with Crippen LogP contribution < -0.4 is 5.32 Å². The molecule has 26 heavy (non-hydrogen) atoms. The number of hydrogen-bond donors (Lipinski definition) is 1. The first-order valence-electron chi connectivity index (χ1n) is 9.56. The Kier molecular flexibility index (Phi) is 8.68. The fraction of sp³-hybridized carbons (Fsp3) is 0.550. The van der Waals surface area contributed by atoms with Crippen LogP contribution in [0.3, 0.4) is 0 Å². The number of amides is 1. The van der Waals surface area contributed by atoms with E-state index in [1.54, 1.807) is 0 Å². The summed E-state index contributed by atoms with van der Waals surface area (Å²) in [5, 5.41) is 12.4. The van der Waals surface area contributed by atoms with Crippen LogP contribution in [-0.2, 0) is 17.8 Å². The van der Waals surface area contributed by atoms with E-state index in [0.29, 0.717) is 5.75 Å². The van der Waals surface area contributed by atoms with Crippen molar-refractivity contribution in [2.24, 2.45) is 0 Å². The van der Waals surface area contributed by atoms with Crippen LogP contribution in [0.5, 0.6) is 0 Å². The van der Waals surface area contributed by atoms with Gasteiger partial charge >= 0.3 is 0 Å². The SMILES string of the molecule is CCCCCCCc1nnc(SCC(=O)Nc2ccccc2C)n1CC. The molecule has 1 aromatic heterocycles. The maximum absolute atomic E-state index is 12.2. The second-order valence-corrected chi connectivity index (χ2v) is 7.40. The summed E-state index contributed by atoms with van der Waals surface area (Å²) >= 11 is 1.45. The number of nitrogens with zero attached hydrogens (tertiary/aromatic N) is 3. The molecule has 0 unspecified atom stereocenters. The minimum atomic E-state index is -0.0175. The molecular weight excluding hydrogens is 344 g/mol. The molecular formula is C20H30N4OS. The Balaban J connectivity index is 1.85. The van der Waals surface area contributed by atoms with Gasteiger partial charge in [-0.25, -0.2) is 0 Å². The molecule has 0 saturated carbocycles. The Bertz CT molecular complexity index is 699. The van der Waals surface area contributed by atoms with Crippen LogP contribution in [0.25, 0.3) is 0 Å². The third kappa shape index (κ3) is 6.16. The highest BCUT2D eigenvalue weighted by Crippen LogP contribution is 2.20. The van der Waals surface area contributed by atoms with Crippen molar-refractivity contribution in [3.05, 3.63) is 35.7 Å². The Morgan fingerprint density at radius 2 is 1.88 bits per heavy atom. The first-order valence-corrected chi connectivity index (χ1v) is 10.5. The second-order valence-electron chi connectivity index (χ2n) is 6.46. The number of para-hydroxylation sites is 1. The number of carbonyl (C=O) groups is 1. The molecule has 1 amide bonds. The van der Waals surface area contributed by atoms with Gasteiger partial charge in [-0.15, -0.1) is 10.2 Å². The van der Waals surface area contributed by atoms with E-state index in [0.717, 1.165) is 41.6 Å². The average molecular weight is 375 g/mol. The van der Waals surface area contributed by atoms with E-state index in [-0.39, 0.29) is 5.91 Å². The van der Waals surface area contributed by atoms with Crippen LogP contribution in [0.15, 0.2) is 29.4 Å². The van der Waals surface area contributed by atoms with Gasteiger partial charge in [0.05, 0.1) is 5.75 Å². The van der Waals surface area contributed by atoms with Gasteiger partial charge in [-0.05, 0) is 31.9 Å². The molecule has 0 spiro atoms. The van der Waals surface area contributed by atoms with E-state index in [1.165, 1.54) is 37.4 Å². The monoisotopic (exact) mass is 374 g/mol. The van der Waals surface area contributed by atoms with E-state index in [4.69, 9.17) is 0 Å². The molecule has 0 aliphatic heterocycles. The minimum Gasteiger partial charge on any atom is -0.325 e. The number of benzene rings is 1. The summed E-state index contributed by atoms with van der Waals surface area (Å²) in [5.41, 5.74) is 1.93. The molecule has 1 heterocycles. The van der Waals surface area contributed by atoms with Crippen LogP contribution in [0.1, 0.15) is 57.3 Å². The van der Waals surface area contributed by atoms with Crippen molar-refractivity contribution in [2.45, 2.75) is 71.0 Å². The van der Waals surface area contributed by atoms with Crippen molar-refractivity contribution in [3.8, 4) is 0 Å². The number of anilines is 1. The van der Waals surface area contributed by atoms with Crippen molar-refractivity contribution < 1.29 is 4.79 Å². The fourth-order valence-corrected chi connectivity index (χ4v) is 3.67. The zero-order valence-corrected chi connectivity index (χ0v) is 16.9. The van der Waals surface area contributed by atoms with Gasteiger partial charge in [-0.1, -0.05) is 62.6 Å². The smallest absolute Gasteiger partial charge is 0.234 e. The van der Waals surface area contributed by atoms with Gasteiger partial charge in [0.1, 0.15) is 5.82 Å². The number of rotatable bonds is 11. The normalized spacial score (nSPS) is 10.9. The van der Waals surface area contributed by atoms with Crippen molar-refractivity contribution >= 4 is 23.4 Å². The third-order valence-electron chi connectivity index (χ3n) is 4.37. The van der Waals surface area contributed by atoms with Crippen molar-refractivity contribution in [2.75, 3.05) is 11.1 Å². The van der Waals surface area contributed by atoms with Gasteiger partial charge in [0.15, 0.2) is 5.16 Å². The lowest BCUT2D eigenvalue weighted by atomic mass is 10.1. The second kappa shape index (κ2) is 11.0. The highest BCUT2D eigenvalue weighted by Gasteiger charge is 2.13. The molecule has 0 aliphatic carbocycles. The number of aromatic nitrogens is 3. The Hall–Kier alpha value is -1.82. The predicted octanol–water partition coefficient (Wildman–Crippen LogP) is 4.85. The number of nitrogens with one attached hydrogen (secondary N) is 1. The van der Waals surface area contributed by atoms with E-state index in [1.807, 2.05) is 31.2 Å². The van der Waals surface area contributed by atoms with E-state index in [9.17, 15) is 4.79 Å². The Labute approximate surface area is 161 Å². The molecule has 142 valence electrons. The standard InChI is InChI=1S/C20H30N4OS/c1-4-6-7-8-9-14-18-22-23-20(24(18)5-2)26-15-19(25)21-17-13-11-10-12-16(17)3/h10-13H,4-9,14-15H2,1-3H3,(H,21,25). The zero-order valence-electron chi connectivity index (χ0n) is 16.1. The van der Waals surface area contributed by atoms with Crippen molar-refractivity contribution in [1.82, 2.24) is 14.8 Å². The first-order chi connectivity index (χ1) is 12.7. The average Bonchev–Trinajstić information content (AvgIpc) is 3.03. The summed E-state index contributed by atoms with van der Waals surface area (Å²) in [7, 11) is 0. The van der Waals surface area contributed by atoms with E-state index >= 15 is 0 Å². The summed E-state index contributed by atoms with van der Waals surface area (Å²) in [6.45, 7) is 7.15. The molecule has 0 atom stereocenters. The first kappa shape index (κ1) is 20.5. The lowest BCUT2D eigenvalue weighted by Crippen LogP contribution is -2.15. The summed E-state index contributed by atoms with van der Waals surface area (Å²) in [5.74, 6) is 1.35. The predicted molar refractivity (Wildman–Crippen MR) is 109 cm³/mol. The summed E-state index contributed by atoms with van der Waals surface area (Å²) in [4.78, 5) is 12.2. The molecule has 0 fully saturated rings. The Morgan fingerprint density at radius 3 is 2.62 bits per heavy atom. The summed E-state index contributed by atoms with van der Waals surface area (Å²) < 4.78 is 2.13. The summed E-state index contributed by atoms with van der Waals surface area (Å²) in [6, 6.07) is 7.80. The highest BCUT2D eigenvalue weighted by molar-refractivity contribution is 7.99. The van der Waals surface area contributed by atoms with Crippen LogP contribution in [0.4, 0.5) is 5.69 Å². The quantitative estimate of drug-likeness (QED) is 0.451. The molecule has 1 aromatic carbocycles. The van der Waals surface area contributed by atoms with Gasteiger partial charge in [0.25, 0.3) is 0 Å². The number of aryl methyl sites for hydroxylation is 2. The maximum Gasteiger partial charge on any atom is 0.234 e. The number of carbonyl (C=O) groups excluding carboxylic acids is 1. The third-order valence-corrected chi connectivity index (χ3v) is 5.33. The number of hydrogen-bond acceptors (Lipinski definition) is 4. The minimum absolute atomic E-state index is 0.0175.